The van der Waals surface area contributed by atoms with E-state index in [1.54, 1.807) is 0 Å². The van der Waals surface area contributed by atoms with Crippen LogP contribution < -0.4 is 0 Å². The fourth-order valence-corrected chi connectivity index (χ4v) is 1.78. The molecule has 0 spiro atoms. The van der Waals surface area contributed by atoms with Gasteiger partial charge < -0.3 is 0 Å². The van der Waals surface area contributed by atoms with Crippen molar-refractivity contribution in [3.63, 3.8) is 0 Å². The summed E-state index contributed by atoms with van der Waals surface area (Å²) in [5.74, 6) is 0.504. The van der Waals surface area contributed by atoms with Crippen molar-refractivity contribution in [1.82, 2.24) is 0 Å². The Balaban J connectivity index is 2.78. The van der Waals surface area contributed by atoms with Gasteiger partial charge in [-0.1, -0.05) is 32.0 Å². The predicted octanol–water partition coefficient (Wildman–Crippen LogP) is 3.40. The van der Waals surface area contributed by atoms with Crippen molar-refractivity contribution in [2.45, 2.75) is 24.7 Å². The monoisotopic (exact) mass is 198 g/mol. The van der Waals surface area contributed by atoms with Crippen molar-refractivity contribution >= 4 is 12.0 Å². The molecule has 0 aliphatic rings. The molecule has 0 radical (unpaired) electrons. The van der Waals surface area contributed by atoms with Crippen LogP contribution in [0.25, 0.3) is 0 Å². The fourth-order valence-electron chi connectivity index (χ4n) is 1.10. The Hall–Kier alpha value is -0.510. The summed E-state index contributed by atoms with van der Waals surface area (Å²) in [6, 6.07) is 8.16. The highest BCUT2D eigenvalue weighted by molar-refractivity contribution is 7.94. The molecule has 0 saturated carbocycles. The highest BCUT2D eigenvalue weighted by Crippen LogP contribution is 2.28. The van der Waals surface area contributed by atoms with Crippen LogP contribution >= 0.6 is 12.0 Å². The molecule has 0 fully saturated rings. The topological polar surface area (TPSA) is 18.5 Å². The van der Waals surface area contributed by atoms with Gasteiger partial charge in [0.15, 0.2) is 0 Å². The summed E-state index contributed by atoms with van der Waals surface area (Å²) in [6.45, 7) is 4.32. The van der Waals surface area contributed by atoms with Gasteiger partial charge in [-0.3, -0.25) is 0 Å². The normalized spacial score (nSPS) is 10.8. The molecule has 0 aromatic heterocycles. The van der Waals surface area contributed by atoms with Gasteiger partial charge in [0.2, 0.25) is 0 Å². The number of hydrogen-bond donors (Lipinski definition) is 0. The minimum atomic E-state index is 0.504. The Kier molecular flexibility index (Phi) is 4.28. The molecule has 1 rings (SSSR count). The molecule has 2 nitrogen and oxygen atoms in total. The zero-order valence-electron chi connectivity index (χ0n) is 8.11. The van der Waals surface area contributed by atoms with Gasteiger partial charge in [0.05, 0.1) is 19.2 Å². The molecular weight excluding hydrogens is 184 g/mol. The SMILES string of the molecule is COOSc1ccccc1C(C)C. The lowest BCUT2D eigenvalue weighted by atomic mass is 10.0. The van der Waals surface area contributed by atoms with Crippen LogP contribution in [-0.2, 0) is 9.22 Å². The van der Waals surface area contributed by atoms with Crippen LogP contribution in [0, 0.1) is 0 Å². The molecule has 0 heterocycles. The summed E-state index contributed by atoms with van der Waals surface area (Å²) in [6.07, 6.45) is 0. The van der Waals surface area contributed by atoms with E-state index in [2.05, 4.69) is 24.8 Å². The first-order valence-corrected chi connectivity index (χ1v) is 4.96. The first kappa shape index (κ1) is 10.6. The number of rotatable bonds is 4. The van der Waals surface area contributed by atoms with Gasteiger partial charge in [-0.05, 0) is 17.5 Å². The summed E-state index contributed by atoms with van der Waals surface area (Å²) in [4.78, 5) is 5.65. The number of hydrogen-bond acceptors (Lipinski definition) is 3. The molecule has 13 heavy (non-hydrogen) atoms. The highest BCUT2D eigenvalue weighted by atomic mass is 32.2. The quantitative estimate of drug-likeness (QED) is 0.419. The molecule has 0 amide bonds. The lowest BCUT2D eigenvalue weighted by Crippen LogP contribution is -1.90. The highest BCUT2D eigenvalue weighted by Gasteiger charge is 2.06. The molecule has 0 saturated heterocycles. The second-order valence-electron chi connectivity index (χ2n) is 3.01. The van der Waals surface area contributed by atoms with Crippen LogP contribution in [0.1, 0.15) is 25.3 Å². The van der Waals surface area contributed by atoms with Gasteiger partial charge in [-0.25, -0.2) is 4.89 Å². The van der Waals surface area contributed by atoms with Crippen LogP contribution in [0.4, 0.5) is 0 Å². The second kappa shape index (κ2) is 5.27. The lowest BCUT2D eigenvalue weighted by Gasteiger charge is -2.09. The van der Waals surface area contributed by atoms with E-state index in [1.165, 1.54) is 24.7 Å². The van der Waals surface area contributed by atoms with Crippen molar-refractivity contribution in [3.8, 4) is 0 Å². The first-order valence-electron chi connectivity index (χ1n) is 4.22. The Bertz CT molecular complexity index is 261. The van der Waals surface area contributed by atoms with Crippen molar-refractivity contribution in [1.29, 1.82) is 0 Å². The fraction of sp³-hybridized carbons (Fsp3) is 0.400. The molecule has 0 bridgehead atoms. The van der Waals surface area contributed by atoms with E-state index in [9.17, 15) is 0 Å². The van der Waals surface area contributed by atoms with Crippen LogP contribution in [0.5, 0.6) is 0 Å². The van der Waals surface area contributed by atoms with Gasteiger partial charge in [0, 0.05) is 4.90 Å². The largest absolute Gasteiger partial charge is 0.227 e. The molecule has 0 aliphatic carbocycles. The van der Waals surface area contributed by atoms with E-state index in [0.717, 1.165) is 4.90 Å². The lowest BCUT2D eigenvalue weighted by molar-refractivity contribution is -0.160. The van der Waals surface area contributed by atoms with E-state index in [4.69, 9.17) is 4.33 Å². The molecule has 0 unspecified atom stereocenters. The Morgan fingerprint density at radius 2 is 1.92 bits per heavy atom. The van der Waals surface area contributed by atoms with Crippen molar-refractivity contribution in [3.05, 3.63) is 29.8 Å². The summed E-state index contributed by atoms with van der Waals surface area (Å²) in [7, 11) is 1.50. The van der Waals surface area contributed by atoms with E-state index < -0.39 is 0 Å². The minimum absolute atomic E-state index is 0.504. The summed E-state index contributed by atoms with van der Waals surface area (Å²) >= 11 is 1.25. The third-order valence-corrected chi connectivity index (χ3v) is 2.49. The summed E-state index contributed by atoms with van der Waals surface area (Å²) in [5, 5.41) is 0. The van der Waals surface area contributed by atoms with E-state index in [-0.39, 0.29) is 0 Å². The molecule has 0 aliphatic heterocycles. The van der Waals surface area contributed by atoms with Crippen LogP contribution in [0.3, 0.4) is 0 Å². The number of benzene rings is 1. The maximum absolute atomic E-state index is 4.83. The first-order chi connectivity index (χ1) is 6.25. The molecule has 3 heteroatoms. The molecular formula is C10H14O2S. The van der Waals surface area contributed by atoms with Crippen molar-refractivity contribution in [2.24, 2.45) is 0 Å². The molecule has 1 aromatic rings. The minimum Gasteiger partial charge on any atom is -0.227 e. The molecule has 0 atom stereocenters. The average Bonchev–Trinajstić information content (AvgIpc) is 2.15. The van der Waals surface area contributed by atoms with Crippen LogP contribution in [0.15, 0.2) is 29.2 Å². The van der Waals surface area contributed by atoms with E-state index in [0.29, 0.717) is 5.92 Å². The zero-order valence-corrected chi connectivity index (χ0v) is 8.93. The van der Waals surface area contributed by atoms with Crippen LogP contribution in [-0.4, -0.2) is 7.11 Å². The third kappa shape index (κ3) is 3.03. The standard InChI is InChI=1S/C10H14O2S/c1-8(2)9-6-4-5-7-10(9)13-12-11-3/h4-8H,1-3H3. The smallest absolute Gasteiger partial charge is 0.0725 e. The average molecular weight is 198 g/mol. The van der Waals surface area contributed by atoms with Gasteiger partial charge in [-0.15, -0.1) is 0 Å². The Morgan fingerprint density at radius 3 is 2.54 bits per heavy atom. The van der Waals surface area contributed by atoms with Crippen molar-refractivity contribution < 1.29 is 9.22 Å². The second-order valence-corrected chi connectivity index (χ2v) is 3.75. The predicted molar refractivity (Wildman–Crippen MR) is 54.5 cm³/mol. The van der Waals surface area contributed by atoms with Gasteiger partial charge in [0.25, 0.3) is 0 Å². The van der Waals surface area contributed by atoms with E-state index >= 15 is 0 Å². The van der Waals surface area contributed by atoms with Crippen LogP contribution in [0.2, 0.25) is 0 Å². The summed E-state index contributed by atoms with van der Waals surface area (Å²) in [5.41, 5.74) is 1.28. The van der Waals surface area contributed by atoms with Crippen molar-refractivity contribution in [2.75, 3.05) is 7.11 Å². The molecule has 72 valence electrons. The molecule has 1 aromatic carbocycles. The van der Waals surface area contributed by atoms with Gasteiger partial charge in [-0.2, -0.15) is 4.33 Å². The maximum Gasteiger partial charge on any atom is 0.0725 e. The maximum atomic E-state index is 4.83. The Morgan fingerprint density at radius 1 is 1.23 bits per heavy atom. The zero-order chi connectivity index (χ0) is 9.68. The summed E-state index contributed by atoms with van der Waals surface area (Å²) < 4.78 is 4.83. The van der Waals surface area contributed by atoms with Gasteiger partial charge >= 0.3 is 0 Å². The Labute approximate surface area is 83.4 Å². The third-order valence-electron chi connectivity index (χ3n) is 1.73. The van der Waals surface area contributed by atoms with Gasteiger partial charge in [0.1, 0.15) is 0 Å². The van der Waals surface area contributed by atoms with E-state index in [1.807, 2.05) is 18.2 Å². The molecule has 0 N–H and O–H groups in total.